The molecule has 1 aromatic carbocycles. The van der Waals surface area contributed by atoms with E-state index in [1.807, 2.05) is 36.5 Å². The molecule has 0 spiro atoms. The van der Waals surface area contributed by atoms with Crippen LogP contribution >= 0.6 is 0 Å². The van der Waals surface area contributed by atoms with Crippen molar-refractivity contribution in [2.24, 2.45) is 0 Å². The molecule has 0 saturated heterocycles. The number of nitrogens with zero attached hydrogens (tertiary/aromatic N) is 3. The highest BCUT2D eigenvalue weighted by Crippen LogP contribution is 2.28. The van der Waals surface area contributed by atoms with Crippen LogP contribution in [-0.2, 0) is 19.4 Å². The van der Waals surface area contributed by atoms with Gasteiger partial charge in [0.25, 0.3) is 5.56 Å². The Morgan fingerprint density at radius 2 is 1.96 bits per heavy atom. The predicted molar refractivity (Wildman–Crippen MR) is 97.2 cm³/mol. The third kappa shape index (κ3) is 2.23. The van der Waals surface area contributed by atoms with Gasteiger partial charge in [-0.05, 0) is 49.1 Å². The number of para-hydroxylation sites is 1. The van der Waals surface area contributed by atoms with Gasteiger partial charge in [0.2, 0.25) is 0 Å². The third-order valence-electron chi connectivity index (χ3n) is 5.02. The van der Waals surface area contributed by atoms with Crippen molar-refractivity contribution in [3.63, 3.8) is 0 Å². The van der Waals surface area contributed by atoms with E-state index in [4.69, 9.17) is 5.10 Å². The molecule has 124 valence electrons. The average molecular weight is 330 g/mol. The molecular weight excluding hydrogens is 312 g/mol. The first-order valence-corrected chi connectivity index (χ1v) is 8.63. The number of pyridine rings is 1. The minimum absolute atomic E-state index is 0.00325. The van der Waals surface area contributed by atoms with Crippen molar-refractivity contribution in [3.8, 4) is 5.69 Å². The van der Waals surface area contributed by atoms with Gasteiger partial charge in [0.1, 0.15) is 5.52 Å². The summed E-state index contributed by atoms with van der Waals surface area (Å²) in [6, 6.07) is 14.1. The first-order valence-electron chi connectivity index (χ1n) is 8.63. The standard InChI is InChI=1S/C20H18N4O/c25-20-19-14(9-11-21-19)10-12-23(20)13-17-16-7-4-8-18(16)24(22-17)15-5-2-1-3-6-15/h1-3,5-6,9-12,21H,4,7-8,13H2. The lowest BCUT2D eigenvalue weighted by molar-refractivity contribution is 0.700. The van der Waals surface area contributed by atoms with Gasteiger partial charge in [-0.3, -0.25) is 4.79 Å². The zero-order valence-electron chi connectivity index (χ0n) is 13.8. The van der Waals surface area contributed by atoms with Gasteiger partial charge < -0.3 is 9.55 Å². The number of rotatable bonds is 3. The Labute approximate surface area is 144 Å². The smallest absolute Gasteiger partial charge is 0.275 e. The van der Waals surface area contributed by atoms with Crippen molar-refractivity contribution in [1.29, 1.82) is 0 Å². The Kier molecular flexibility index (Phi) is 3.13. The Hall–Kier alpha value is -3.08. The fourth-order valence-electron chi connectivity index (χ4n) is 3.80. The first kappa shape index (κ1) is 14.3. The van der Waals surface area contributed by atoms with Crippen LogP contribution in [0.1, 0.15) is 23.4 Å². The molecule has 0 radical (unpaired) electrons. The monoisotopic (exact) mass is 330 g/mol. The summed E-state index contributed by atoms with van der Waals surface area (Å²) in [5, 5.41) is 5.80. The van der Waals surface area contributed by atoms with Gasteiger partial charge in [-0.2, -0.15) is 5.10 Å². The molecule has 0 aliphatic heterocycles. The van der Waals surface area contributed by atoms with Crippen LogP contribution in [-0.4, -0.2) is 19.3 Å². The molecule has 1 aliphatic rings. The highest BCUT2D eigenvalue weighted by molar-refractivity contribution is 5.77. The van der Waals surface area contributed by atoms with Crippen molar-refractivity contribution < 1.29 is 0 Å². The lowest BCUT2D eigenvalue weighted by atomic mass is 10.2. The second-order valence-corrected chi connectivity index (χ2v) is 6.53. The molecule has 0 fully saturated rings. The van der Waals surface area contributed by atoms with Crippen LogP contribution in [0.5, 0.6) is 0 Å². The Bertz CT molecular complexity index is 1120. The number of aromatic nitrogens is 4. The number of H-pyrrole nitrogens is 1. The Morgan fingerprint density at radius 3 is 2.84 bits per heavy atom. The maximum atomic E-state index is 12.7. The summed E-state index contributed by atoms with van der Waals surface area (Å²) < 4.78 is 3.80. The van der Waals surface area contributed by atoms with E-state index < -0.39 is 0 Å². The normalized spacial score (nSPS) is 13.4. The van der Waals surface area contributed by atoms with Crippen LogP contribution in [0.15, 0.2) is 59.7 Å². The molecule has 5 rings (SSSR count). The van der Waals surface area contributed by atoms with Crippen molar-refractivity contribution in [1.82, 2.24) is 19.3 Å². The molecule has 1 N–H and O–H groups in total. The zero-order valence-corrected chi connectivity index (χ0v) is 13.8. The molecule has 4 aromatic rings. The predicted octanol–water partition coefficient (Wildman–Crippen LogP) is 3.05. The average Bonchev–Trinajstić information content (AvgIpc) is 3.35. The van der Waals surface area contributed by atoms with Gasteiger partial charge in [0.05, 0.1) is 17.9 Å². The molecule has 0 unspecified atom stereocenters. The number of nitrogens with one attached hydrogen (secondary N) is 1. The number of aromatic amines is 1. The lowest BCUT2D eigenvalue weighted by Gasteiger charge is -2.06. The molecule has 25 heavy (non-hydrogen) atoms. The summed E-state index contributed by atoms with van der Waals surface area (Å²) in [5.41, 5.74) is 5.34. The van der Waals surface area contributed by atoms with Gasteiger partial charge >= 0.3 is 0 Å². The maximum Gasteiger partial charge on any atom is 0.275 e. The van der Waals surface area contributed by atoms with Crippen LogP contribution in [0.3, 0.4) is 0 Å². The molecular formula is C20H18N4O. The molecule has 1 aliphatic carbocycles. The summed E-state index contributed by atoms with van der Waals surface area (Å²) in [6.45, 7) is 0.510. The van der Waals surface area contributed by atoms with Gasteiger partial charge in [-0.1, -0.05) is 18.2 Å². The molecule has 0 bridgehead atoms. The first-order chi connectivity index (χ1) is 12.3. The van der Waals surface area contributed by atoms with E-state index in [1.165, 1.54) is 11.3 Å². The van der Waals surface area contributed by atoms with Crippen molar-refractivity contribution in [2.75, 3.05) is 0 Å². The Balaban J connectivity index is 1.60. The third-order valence-corrected chi connectivity index (χ3v) is 5.02. The SMILES string of the molecule is O=c1c2[nH]ccc2ccn1Cc1nn(-c2ccccc2)c2c1CCC2. The highest BCUT2D eigenvalue weighted by Gasteiger charge is 2.23. The summed E-state index contributed by atoms with van der Waals surface area (Å²) in [7, 11) is 0. The quantitative estimate of drug-likeness (QED) is 0.628. The van der Waals surface area contributed by atoms with Gasteiger partial charge in [0, 0.05) is 23.5 Å². The van der Waals surface area contributed by atoms with E-state index >= 15 is 0 Å². The highest BCUT2D eigenvalue weighted by atomic mass is 16.1. The van der Waals surface area contributed by atoms with Crippen LogP contribution in [0.4, 0.5) is 0 Å². The van der Waals surface area contributed by atoms with Crippen molar-refractivity contribution in [3.05, 3.63) is 82.2 Å². The van der Waals surface area contributed by atoms with E-state index in [1.54, 1.807) is 10.8 Å². The van der Waals surface area contributed by atoms with Gasteiger partial charge in [0.15, 0.2) is 0 Å². The minimum atomic E-state index is 0.00325. The van der Waals surface area contributed by atoms with E-state index in [9.17, 15) is 4.79 Å². The zero-order chi connectivity index (χ0) is 16.8. The van der Waals surface area contributed by atoms with E-state index in [0.29, 0.717) is 12.1 Å². The topological polar surface area (TPSA) is 55.6 Å². The number of benzene rings is 1. The lowest BCUT2D eigenvalue weighted by Crippen LogP contribution is -2.20. The minimum Gasteiger partial charge on any atom is -0.357 e. The fraction of sp³-hybridized carbons (Fsp3) is 0.200. The summed E-state index contributed by atoms with van der Waals surface area (Å²) in [6.07, 6.45) is 6.90. The van der Waals surface area contributed by atoms with E-state index in [-0.39, 0.29) is 5.56 Å². The molecule has 0 amide bonds. The summed E-state index contributed by atoms with van der Waals surface area (Å²) in [5.74, 6) is 0. The van der Waals surface area contributed by atoms with Crippen LogP contribution in [0, 0.1) is 0 Å². The molecule has 3 heterocycles. The van der Waals surface area contributed by atoms with Gasteiger partial charge in [-0.15, -0.1) is 0 Å². The number of fused-ring (bicyclic) bond motifs is 2. The largest absolute Gasteiger partial charge is 0.357 e. The van der Waals surface area contributed by atoms with Crippen LogP contribution in [0.2, 0.25) is 0 Å². The molecule has 5 heteroatoms. The fourth-order valence-corrected chi connectivity index (χ4v) is 3.80. The molecule has 0 atom stereocenters. The van der Waals surface area contributed by atoms with Gasteiger partial charge in [-0.25, -0.2) is 4.68 Å². The van der Waals surface area contributed by atoms with E-state index in [0.717, 1.165) is 36.0 Å². The number of hydrogen-bond acceptors (Lipinski definition) is 2. The van der Waals surface area contributed by atoms with Crippen molar-refractivity contribution >= 4 is 10.9 Å². The summed E-state index contributed by atoms with van der Waals surface area (Å²) in [4.78, 5) is 15.7. The van der Waals surface area contributed by atoms with E-state index in [2.05, 4.69) is 21.8 Å². The Morgan fingerprint density at radius 1 is 1.08 bits per heavy atom. The van der Waals surface area contributed by atoms with Crippen LogP contribution < -0.4 is 5.56 Å². The van der Waals surface area contributed by atoms with Crippen molar-refractivity contribution in [2.45, 2.75) is 25.8 Å². The molecule has 0 saturated carbocycles. The summed E-state index contributed by atoms with van der Waals surface area (Å²) >= 11 is 0. The second kappa shape index (κ2) is 5.48. The number of hydrogen-bond donors (Lipinski definition) is 1. The van der Waals surface area contributed by atoms with Crippen LogP contribution in [0.25, 0.3) is 16.6 Å². The second-order valence-electron chi connectivity index (χ2n) is 6.53. The molecule has 5 nitrogen and oxygen atoms in total. The maximum absolute atomic E-state index is 12.7. The molecule has 3 aromatic heterocycles.